The van der Waals surface area contributed by atoms with Gasteiger partial charge in [0.15, 0.2) is 5.65 Å². The molecule has 2 aromatic heterocycles. The number of aromatic nitrogens is 3. The number of pyridine rings is 1. The molecule has 2 aliphatic heterocycles. The molecule has 162 valence electrons. The van der Waals surface area contributed by atoms with Crippen LogP contribution < -0.4 is 0 Å². The van der Waals surface area contributed by atoms with Crippen LogP contribution in [0.2, 0.25) is 0 Å². The molecule has 0 bridgehead atoms. The first-order chi connectivity index (χ1) is 15.2. The van der Waals surface area contributed by atoms with Gasteiger partial charge in [-0.3, -0.25) is 14.3 Å². The molecule has 0 saturated carbocycles. The number of amides is 1. The first-order valence-corrected chi connectivity index (χ1v) is 11.2. The van der Waals surface area contributed by atoms with E-state index in [0.29, 0.717) is 17.5 Å². The van der Waals surface area contributed by atoms with Crippen molar-refractivity contribution in [2.24, 2.45) is 5.92 Å². The molecule has 2 fully saturated rings. The van der Waals surface area contributed by atoms with E-state index in [2.05, 4.69) is 21.8 Å². The second-order valence-electron chi connectivity index (χ2n) is 8.54. The summed E-state index contributed by atoms with van der Waals surface area (Å²) in [6.45, 7) is 7.62. The van der Waals surface area contributed by atoms with Crippen molar-refractivity contribution >= 4 is 17.1 Å². The Hall–Kier alpha value is -2.77. The van der Waals surface area contributed by atoms with Gasteiger partial charge in [-0.05, 0) is 43.9 Å². The lowest BCUT2D eigenvalue weighted by molar-refractivity contribution is -0.000952. The predicted octanol–water partition coefficient (Wildman–Crippen LogP) is 2.99. The monoisotopic (exact) mass is 419 g/mol. The number of fused-ring (bicyclic) bond motifs is 1. The Balaban J connectivity index is 1.25. The van der Waals surface area contributed by atoms with Gasteiger partial charge in [0.05, 0.1) is 18.8 Å². The van der Waals surface area contributed by atoms with E-state index in [1.165, 1.54) is 0 Å². The second-order valence-corrected chi connectivity index (χ2v) is 8.54. The van der Waals surface area contributed by atoms with E-state index in [0.717, 1.165) is 69.1 Å². The van der Waals surface area contributed by atoms with Crippen molar-refractivity contribution in [1.82, 2.24) is 24.3 Å². The second kappa shape index (κ2) is 8.77. The van der Waals surface area contributed by atoms with Gasteiger partial charge in [0.2, 0.25) is 0 Å². The minimum Gasteiger partial charge on any atom is -0.379 e. The van der Waals surface area contributed by atoms with Gasteiger partial charge in [0.25, 0.3) is 5.91 Å². The number of para-hydroxylation sites is 1. The van der Waals surface area contributed by atoms with Gasteiger partial charge in [0.1, 0.15) is 11.8 Å². The molecule has 7 heteroatoms. The van der Waals surface area contributed by atoms with Gasteiger partial charge in [-0.25, -0.2) is 9.97 Å². The molecule has 1 atom stereocenters. The Morgan fingerprint density at radius 3 is 2.55 bits per heavy atom. The molecule has 2 saturated heterocycles. The van der Waals surface area contributed by atoms with Crippen molar-refractivity contribution < 1.29 is 9.53 Å². The summed E-state index contributed by atoms with van der Waals surface area (Å²) in [6.07, 6.45) is 5.54. The highest BCUT2D eigenvalue weighted by molar-refractivity contribution is 5.96. The fraction of sp³-hybridized carbons (Fsp3) is 0.458. The number of nitrogens with zero attached hydrogens (tertiary/aromatic N) is 5. The highest BCUT2D eigenvalue weighted by Crippen LogP contribution is 2.26. The lowest BCUT2D eigenvalue weighted by atomic mass is 9.89. The Morgan fingerprint density at radius 1 is 1.06 bits per heavy atom. The van der Waals surface area contributed by atoms with Crippen LogP contribution in [0, 0.1) is 5.92 Å². The third-order valence-corrected chi connectivity index (χ3v) is 6.80. The number of piperidine rings is 1. The number of benzene rings is 1. The lowest BCUT2D eigenvalue weighted by Crippen LogP contribution is -2.49. The first kappa shape index (κ1) is 20.2. The van der Waals surface area contributed by atoms with E-state index in [1.54, 1.807) is 12.5 Å². The Bertz CT molecular complexity index is 1040. The largest absolute Gasteiger partial charge is 0.379 e. The molecule has 1 unspecified atom stereocenters. The molecule has 0 N–H and O–H groups in total. The average molecular weight is 420 g/mol. The minimum atomic E-state index is 0.0566. The fourth-order valence-electron chi connectivity index (χ4n) is 4.85. The summed E-state index contributed by atoms with van der Waals surface area (Å²) in [5, 5.41) is 0. The van der Waals surface area contributed by atoms with Gasteiger partial charge in [0, 0.05) is 44.1 Å². The SMILES string of the molecule is CC(C1CCN(C(=O)c2cnc3c(c2)ncn3-c2ccccc2)CC1)N1CCOCC1. The van der Waals surface area contributed by atoms with E-state index in [9.17, 15) is 4.79 Å². The third kappa shape index (κ3) is 4.07. The molecular formula is C24H29N5O2. The smallest absolute Gasteiger partial charge is 0.255 e. The van der Waals surface area contributed by atoms with Crippen LogP contribution in [-0.2, 0) is 4.74 Å². The van der Waals surface area contributed by atoms with Crippen LogP contribution in [0.1, 0.15) is 30.1 Å². The molecule has 1 aromatic carbocycles. The molecule has 3 aromatic rings. The van der Waals surface area contributed by atoms with Crippen molar-refractivity contribution in [2.45, 2.75) is 25.8 Å². The molecule has 0 aliphatic carbocycles. The zero-order valence-electron chi connectivity index (χ0n) is 18.0. The normalized spacial score (nSPS) is 19.6. The van der Waals surface area contributed by atoms with Crippen LogP contribution in [0.25, 0.3) is 16.9 Å². The van der Waals surface area contributed by atoms with Gasteiger partial charge in [-0.15, -0.1) is 0 Å². The highest BCUT2D eigenvalue weighted by atomic mass is 16.5. The minimum absolute atomic E-state index is 0.0566. The van der Waals surface area contributed by atoms with Crippen molar-refractivity contribution in [1.29, 1.82) is 0 Å². The summed E-state index contributed by atoms with van der Waals surface area (Å²) in [4.78, 5) is 26.7. The maximum absolute atomic E-state index is 13.1. The molecule has 1 amide bonds. The lowest BCUT2D eigenvalue weighted by Gasteiger charge is -2.41. The van der Waals surface area contributed by atoms with Crippen molar-refractivity contribution in [3.05, 3.63) is 54.5 Å². The van der Waals surface area contributed by atoms with E-state index >= 15 is 0 Å². The number of ether oxygens (including phenoxy) is 1. The fourth-order valence-corrected chi connectivity index (χ4v) is 4.85. The predicted molar refractivity (Wildman–Crippen MR) is 119 cm³/mol. The summed E-state index contributed by atoms with van der Waals surface area (Å²) >= 11 is 0. The van der Waals surface area contributed by atoms with Gasteiger partial charge >= 0.3 is 0 Å². The van der Waals surface area contributed by atoms with Crippen molar-refractivity contribution in [2.75, 3.05) is 39.4 Å². The van der Waals surface area contributed by atoms with Crippen LogP contribution >= 0.6 is 0 Å². The molecule has 0 radical (unpaired) electrons. The van der Waals surface area contributed by atoms with E-state index in [4.69, 9.17) is 4.74 Å². The average Bonchev–Trinajstić information content (AvgIpc) is 3.28. The summed E-state index contributed by atoms with van der Waals surface area (Å²) in [5.74, 6) is 0.686. The maximum Gasteiger partial charge on any atom is 0.255 e. The Kier molecular flexibility index (Phi) is 5.70. The van der Waals surface area contributed by atoms with Crippen LogP contribution in [-0.4, -0.2) is 75.7 Å². The number of carbonyl (C=O) groups is 1. The summed E-state index contributed by atoms with van der Waals surface area (Å²) in [5.41, 5.74) is 3.13. The molecule has 31 heavy (non-hydrogen) atoms. The number of rotatable bonds is 4. The summed E-state index contributed by atoms with van der Waals surface area (Å²) < 4.78 is 7.43. The van der Waals surface area contributed by atoms with Crippen LogP contribution in [0.15, 0.2) is 48.9 Å². The highest BCUT2D eigenvalue weighted by Gasteiger charge is 2.30. The van der Waals surface area contributed by atoms with Gasteiger partial charge in [-0.1, -0.05) is 18.2 Å². The van der Waals surface area contributed by atoms with Crippen LogP contribution in [0.5, 0.6) is 0 Å². The molecule has 7 nitrogen and oxygen atoms in total. The van der Waals surface area contributed by atoms with E-state index in [1.807, 2.05) is 45.9 Å². The van der Waals surface area contributed by atoms with Gasteiger partial charge in [-0.2, -0.15) is 0 Å². The van der Waals surface area contributed by atoms with Crippen LogP contribution in [0.3, 0.4) is 0 Å². The summed E-state index contributed by atoms with van der Waals surface area (Å²) in [7, 11) is 0. The Labute approximate surface area is 182 Å². The molecule has 2 aliphatic rings. The molecule has 4 heterocycles. The standard InChI is InChI=1S/C24H29N5O2/c1-18(27-11-13-31-14-12-27)19-7-9-28(10-8-19)24(30)20-15-22-23(25-16-20)29(17-26-22)21-5-3-2-4-6-21/h2-6,15-19H,7-14H2,1H3. The molecule has 5 rings (SSSR count). The molecule has 0 spiro atoms. The Morgan fingerprint density at radius 2 is 1.81 bits per heavy atom. The number of hydrogen-bond acceptors (Lipinski definition) is 5. The number of imidazole rings is 1. The van der Waals surface area contributed by atoms with E-state index < -0.39 is 0 Å². The zero-order chi connectivity index (χ0) is 21.2. The maximum atomic E-state index is 13.1. The molecular weight excluding hydrogens is 390 g/mol. The zero-order valence-corrected chi connectivity index (χ0v) is 18.0. The van der Waals surface area contributed by atoms with Gasteiger partial charge < -0.3 is 9.64 Å². The number of likely N-dealkylation sites (tertiary alicyclic amines) is 1. The number of carbonyl (C=O) groups excluding carboxylic acids is 1. The number of morpholine rings is 1. The topological polar surface area (TPSA) is 63.5 Å². The first-order valence-electron chi connectivity index (χ1n) is 11.2. The van der Waals surface area contributed by atoms with Crippen LogP contribution in [0.4, 0.5) is 0 Å². The summed E-state index contributed by atoms with van der Waals surface area (Å²) in [6, 6.07) is 12.4. The quantitative estimate of drug-likeness (QED) is 0.651. The van der Waals surface area contributed by atoms with Crippen molar-refractivity contribution in [3.63, 3.8) is 0 Å². The number of hydrogen-bond donors (Lipinski definition) is 0. The van der Waals surface area contributed by atoms with Crippen molar-refractivity contribution in [3.8, 4) is 5.69 Å². The van der Waals surface area contributed by atoms with E-state index in [-0.39, 0.29) is 5.91 Å². The third-order valence-electron chi connectivity index (χ3n) is 6.80.